The number of carboxylic acid groups (broad SMARTS) is 1. The van der Waals surface area contributed by atoms with Crippen LogP contribution in [0.4, 0.5) is 40.8 Å². The Labute approximate surface area is 255 Å². The molecule has 0 bridgehead atoms. The summed E-state index contributed by atoms with van der Waals surface area (Å²) in [5.74, 6) is 1.07. The predicted octanol–water partition coefficient (Wildman–Crippen LogP) is 5.43. The molecule has 44 heavy (non-hydrogen) atoms. The Hall–Kier alpha value is -4.37. The fraction of sp³-hybridized carbons (Fsp3) is 0.393. The number of aromatic nitrogens is 2. The summed E-state index contributed by atoms with van der Waals surface area (Å²) in [6, 6.07) is 8.25. The summed E-state index contributed by atoms with van der Waals surface area (Å²) in [6.07, 6.45) is -3.21. The molecular weight excluding hydrogens is 607 g/mol. The van der Waals surface area contributed by atoms with Crippen LogP contribution in [-0.4, -0.2) is 81.8 Å². The van der Waals surface area contributed by atoms with E-state index in [4.69, 9.17) is 21.4 Å². The average Bonchev–Trinajstić information content (AvgIpc) is 2.99. The van der Waals surface area contributed by atoms with E-state index in [1.807, 2.05) is 0 Å². The lowest BCUT2D eigenvalue weighted by Crippen LogP contribution is -2.48. The van der Waals surface area contributed by atoms with Gasteiger partial charge in [-0.2, -0.15) is 13.2 Å². The van der Waals surface area contributed by atoms with Gasteiger partial charge in [-0.05, 0) is 43.2 Å². The minimum Gasteiger partial charge on any atom is -0.492 e. The Morgan fingerprint density at radius 2 is 1.89 bits per heavy atom. The van der Waals surface area contributed by atoms with Crippen molar-refractivity contribution in [3.05, 3.63) is 74.7 Å². The van der Waals surface area contributed by atoms with Crippen LogP contribution >= 0.6 is 11.6 Å². The van der Waals surface area contributed by atoms with E-state index in [-0.39, 0.29) is 12.2 Å². The number of nitro groups is 1. The summed E-state index contributed by atoms with van der Waals surface area (Å²) in [7, 11) is 0. The van der Waals surface area contributed by atoms with Crippen molar-refractivity contribution in [1.82, 2.24) is 19.8 Å². The van der Waals surface area contributed by atoms with Gasteiger partial charge >= 0.3 is 12.3 Å². The predicted molar refractivity (Wildman–Crippen MR) is 156 cm³/mol. The van der Waals surface area contributed by atoms with Gasteiger partial charge in [-0.15, -0.1) is 0 Å². The molecular formula is C28H29ClF3N7O5. The molecule has 0 radical (unpaired) electrons. The number of carbonyl (C=O) groups is 1. The summed E-state index contributed by atoms with van der Waals surface area (Å²) in [5, 5.41) is 23.8. The third-order valence-corrected chi connectivity index (χ3v) is 7.86. The zero-order chi connectivity index (χ0) is 31.4. The number of piperazine rings is 1. The first kappa shape index (κ1) is 31.1. The van der Waals surface area contributed by atoms with E-state index in [0.717, 1.165) is 30.7 Å². The van der Waals surface area contributed by atoms with Gasteiger partial charge in [0, 0.05) is 62.3 Å². The third kappa shape index (κ3) is 7.22. The number of halogens is 4. The van der Waals surface area contributed by atoms with E-state index in [2.05, 4.69) is 20.2 Å². The number of nitro benzene ring substituents is 1. The molecule has 16 heteroatoms. The lowest BCUT2D eigenvalue weighted by molar-refractivity contribution is -0.388. The molecule has 5 rings (SSSR count). The molecule has 1 fully saturated rings. The summed E-state index contributed by atoms with van der Waals surface area (Å²) >= 11 is 6.48. The maximum Gasteiger partial charge on any atom is 0.423 e. The van der Waals surface area contributed by atoms with E-state index in [0.29, 0.717) is 73.7 Å². The van der Waals surface area contributed by atoms with Crippen LogP contribution in [0.5, 0.6) is 5.75 Å². The number of ether oxygens (including phenoxy) is 1. The van der Waals surface area contributed by atoms with Gasteiger partial charge in [0.15, 0.2) is 0 Å². The van der Waals surface area contributed by atoms with Crippen molar-refractivity contribution in [2.45, 2.75) is 25.6 Å². The van der Waals surface area contributed by atoms with Crippen LogP contribution in [0.1, 0.15) is 23.2 Å². The highest BCUT2D eigenvalue weighted by atomic mass is 35.5. The second-order valence-corrected chi connectivity index (χ2v) is 10.8. The molecule has 2 aliphatic rings. The molecule has 0 atom stereocenters. The highest BCUT2D eigenvalue weighted by Gasteiger charge is 2.39. The van der Waals surface area contributed by atoms with Crippen LogP contribution in [0.3, 0.4) is 0 Å². The first-order chi connectivity index (χ1) is 21.0. The molecule has 0 spiro atoms. The zero-order valence-corrected chi connectivity index (χ0v) is 24.1. The second-order valence-electron chi connectivity index (χ2n) is 10.4. The molecule has 12 nitrogen and oxygen atoms in total. The minimum atomic E-state index is -4.87. The molecule has 234 valence electrons. The Bertz CT molecular complexity index is 1540. The zero-order valence-electron chi connectivity index (χ0n) is 23.4. The van der Waals surface area contributed by atoms with Gasteiger partial charge in [-0.25, -0.2) is 14.8 Å². The van der Waals surface area contributed by atoms with Gasteiger partial charge in [-0.3, -0.25) is 15.0 Å². The molecule has 3 heterocycles. The van der Waals surface area contributed by atoms with Gasteiger partial charge in [0.2, 0.25) is 0 Å². The minimum absolute atomic E-state index is 0.199. The Morgan fingerprint density at radius 1 is 1.11 bits per heavy atom. The Morgan fingerprint density at radius 3 is 2.57 bits per heavy atom. The SMILES string of the molecule is O=C(O)N1CCN(CCCOc2ccc(Nc3ncnc4c3CCN(c3ccc([N+](=O)[O-])c(C(F)(F)F)c3)C4)cc2Cl)CC1. The van der Waals surface area contributed by atoms with Crippen molar-refractivity contribution in [1.29, 1.82) is 0 Å². The fourth-order valence-corrected chi connectivity index (χ4v) is 5.49. The third-order valence-electron chi connectivity index (χ3n) is 7.57. The summed E-state index contributed by atoms with van der Waals surface area (Å²) in [4.78, 5) is 35.1. The number of hydrogen-bond acceptors (Lipinski definition) is 9. The summed E-state index contributed by atoms with van der Waals surface area (Å²) < 4.78 is 46.4. The van der Waals surface area contributed by atoms with E-state index < -0.39 is 28.4 Å². The molecule has 0 unspecified atom stereocenters. The molecule has 1 amide bonds. The average molecular weight is 636 g/mol. The van der Waals surface area contributed by atoms with Crippen molar-refractivity contribution < 1.29 is 32.7 Å². The molecule has 2 aromatic carbocycles. The largest absolute Gasteiger partial charge is 0.492 e. The number of fused-ring (bicyclic) bond motifs is 1. The van der Waals surface area contributed by atoms with Gasteiger partial charge < -0.3 is 25.0 Å². The number of nitrogens with zero attached hydrogens (tertiary/aromatic N) is 6. The molecule has 1 aromatic heterocycles. The quantitative estimate of drug-likeness (QED) is 0.178. The molecule has 2 aliphatic heterocycles. The molecule has 3 aromatic rings. The number of nitrogens with one attached hydrogen (secondary N) is 1. The lowest BCUT2D eigenvalue weighted by atomic mass is 10.0. The van der Waals surface area contributed by atoms with Crippen molar-refractivity contribution in [2.24, 2.45) is 0 Å². The van der Waals surface area contributed by atoms with Crippen LogP contribution in [0.2, 0.25) is 5.02 Å². The number of anilines is 3. The number of amides is 1. The lowest BCUT2D eigenvalue weighted by Gasteiger charge is -2.32. The van der Waals surface area contributed by atoms with Crippen molar-refractivity contribution in [3.63, 3.8) is 0 Å². The van der Waals surface area contributed by atoms with Gasteiger partial charge in [0.1, 0.15) is 23.5 Å². The van der Waals surface area contributed by atoms with Crippen molar-refractivity contribution >= 4 is 40.6 Å². The highest BCUT2D eigenvalue weighted by Crippen LogP contribution is 2.39. The standard InChI is InChI=1S/C28H29ClF3N7O5/c29-22-14-18(2-5-25(22)44-13-1-7-36-9-11-37(12-10-36)27(40)41)35-26-20-6-8-38(16-23(20)33-17-34-26)19-3-4-24(39(42)43)21(15-19)28(30,31)32/h2-5,14-15,17H,1,6-13,16H2,(H,40,41)(H,33,34,35). The second kappa shape index (κ2) is 13.1. The fourth-order valence-electron chi connectivity index (χ4n) is 5.25. The van der Waals surface area contributed by atoms with Crippen LogP contribution < -0.4 is 15.0 Å². The van der Waals surface area contributed by atoms with Crippen LogP contribution in [0.25, 0.3) is 0 Å². The Kier molecular flexibility index (Phi) is 9.25. The van der Waals surface area contributed by atoms with Gasteiger partial charge in [0.05, 0.1) is 28.8 Å². The van der Waals surface area contributed by atoms with Gasteiger partial charge in [0.25, 0.3) is 5.69 Å². The monoisotopic (exact) mass is 635 g/mol. The first-order valence-electron chi connectivity index (χ1n) is 13.8. The maximum absolute atomic E-state index is 13.5. The molecule has 0 saturated carbocycles. The van der Waals surface area contributed by atoms with E-state index >= 15 is 0 Å². The van der Waals surface area contributed by atoms with Crippen molar-refractivity contribution in [2.75, 3.05) is 56.1 Å². The molecule has 0 aliphatic carbocycles. The van der Waals surface area contributed by atoms with E-state index in [9.17, 15) is 28.1 Å². The normalized spacial score (nSPS) is 15.5. The number of alkyl halides is 3. The molecule has 2 N–H and O–H groups in total. The van der Waals surface area contributed by atoms with Crippen LogP contribution in [0.15, 0.2) is 42.7 Å². The molecule has 1 saturated heterocycles. The maximum atomic E-state index is 13.5. The summed E-state index contributed by atoms with van der Waals surface area (Å²) in [6.45, 7) is 4.15. The number of rotatable bonds is 9. The van der Waals surface area contributed by atoms with Crippen molar-refractivity contribution in [3.8, 4) is 5.75 Å². The van der Waals surface area contributed by atoms with E-state index in [1.165, 1.54) is 17.3 Å². The van der Waals surface area contributed by atoms with Gasteiger partial charge in [-0.1, -0.05) is 11.6 Å². The highest BCUT2D eigenvalue weighted by molar-refractivity contribution is 6.32. The Balaban J connectivity index is 1.18. The topological polar surface area (TPSA) is 137 Å². The van der Waals surface area contributed by atoms with E-state index in [1.54, 1.807) is 23.1 Å². The number of benzene rings is 2. The van der Waals surface area contributed by atoms with Crippen LogP contribution in [0, 0.1) is 10.1 Å². The smallest absolute Gasteiger partial charge is 0.423 e. The summed E-state index contributed by atoms with van der Waals surface area (Å²) in [5.41, 5.74) is 0.0161. The van der Waals surface area contributed by atoms with Crippen LogP contribution in [-0.2, 0) is 19.1 Å². The first-order valence-corrected chi connectivity index (χ1v) is 14.2. The number of hydrogen-bond donors (Lipinski definition) is 2.